The van der Waals surface area contributed by atoms with Crippen molar-refractivity contribution in [2.75, 3.05) is 0 Å². The van der Waals surface area contributed by atoms with E-state index < -0.39 is 23.4 Å². The molecule has 0 atom stereocenters. The molecule has 0 radical (unpaired) electrons. The predicted octanol–water partition coefficient (Wildman–Crippen LogP) is 6.05. The molecule has 0 aliphatic heterocycles. The minimum absolute atomic E-state index is 0.0419. The Bertz CT molecular complexity index is 1680. The number of halogens is 4. The Morgan fingerprint density at radius 3 is 2.68 bits per heavy atom. The molecule has 0 saturated carbocycles. The molecule has 1 amide bonds. The van der Waals surface area contributed by atoms with Gasteiger partial charge in [0.05, 0.1) is 17.4 Å². The molecule has 184 valence electrons. The Morgan fingerprint density at radius 2 is 1.92 bits per heavy atom. The van der Waals surface area contributed by atoms with Crippen molar-refractivity contribution >= 4 is 22.6 Å². The number of hydrogen-bond donors (Lipinski definition) is 2. The molecule has 11 heteroatoms. The third-order valence-corrected chi connectivity index (χ3v) is 5.75. The van der Waals surface area contributed by atoms with Gasteiger partial charge in [0.15, 0.2) is 0 Å². The van der Waals surface area contributed by atoms with Crippen molar-refractivity contribution in [1.82, 2.24) is 25.1 Å². The van der Waals surface area contributed by atoms with Crippen molar-refractivity contribution in [3.63, 3.8) is 0 Å². The maximum absolute atomic E-state index is 14.8. The molecule has 7 nitrogen and oxygen atoms in total. The second kappa shape index (κ2) is 9.23. The van der Waals surface area contributed by atoms with Gasteiger partial charge in [-0.25, -0.2) is 9.07 Å². The summed E-state index contributed by atoms with van der Waals surface area (Å²) in [4.78, 5) is 22.0. The highest BCUT2D eigenvalue weighted by Gasteiger charge is 2.34. The lowest BCUT2D eigenvalue weighted by Gasteiger charge is -2.09. The van der Waals surface area contributed by atoms with Crippen LogP contribution in [0.5, 0.6) is 0 Å². The van der Waals surface area contributed by atoms with E-state index in [4.69, 9.17) is 6.57 Å². The van der Waals surface area contributed by atoms with Crippen molar-refractivity contribution in [3.05, 3.63) is 107 Å². The molecule has 3 heterocycles. The zero-order chi connectivity index (χ0) is 26.2. The molecular weight excluding hydrogens is 488 g/mol. The molecule has 5 rings (SSSR count). The van der Waals surface area contributed by atoms with Crippen molar-refractivity contribution in [1.29, 1.82) is 0 Å². The lowest BCUT2D eigenvalue weighted by atomic mass is 10.1. The summed E-state index contributed by atoms with van der Waals surface area (Å²) in [6, 6.07) is 12.2. The fourth-order valence-corrected chi connectivity index (χ4v) is 3.82. The van der Waals surface area contributed by atoms with Crippen molar-refractivity contribution < 1.29 is 22.4 Å². The molecule has 0 aliphatic rings. The number of nitrogens with zero attached hydrogens (tertiary/aromatic N) is 4. The third kappa shape index (κ3) is 4.77. The molecule has 37 heavy (non-hydrogen) atoms. The first-order valence-electron chi connectivity index (χ1n) is 10.9. The van der Waals surface area contributed by atoms with Gasteiger partial charge in [0, 0.05) is 52.1 Å². The zero-order valence-corrected chi connectivity index (χ0v) is 18.8. The maximum atomic E-state index is 14.8. The number of benzene rings is 2. The van der Waals surface area contributed by atoms with Crippen molar-refractivity contribution in [2.24, 2.45) is 0 Å². The summed E-state index contributed by atoms with van der Waals surface area (Å²) < 4.78 is 55.9. The third-order valence-electron chi connectivity index (χ3n) is 5.75. The number of alkyl halides is 3. The average molecular weight is 504 g/mol. The van der Waals surface area contributed by atoms with E-state index in [0.29, 0.717) is 16.8 Å². The number of amides is 1. The molecule has 5 aromatic rings. The Morgan fingerprint density at radius 1 is 1.08 bits per heavy atom. The molecule has 0 bridgehead atoms. The standard InChI is InChI=1S/C26H16F4N6O/c1-31-24-21(26(28,29)30)9-18(12-33-24)19-13-35-36(14-19)20-4-2-17(22(27)10-20)11-34-25(37)16-3-5-23-15(8-16)6-7-32-23/h2-10,12-14,32H,11H2,(H,34,37). The Kier molecular flexibility index (Phi) is 5.93. The first-order valence-corrected chi connectivity index (χ1v) is 10.9. The van der Waals surface area contributed by atoms with Crippen LogP contribution in [0.3, 0.4) is 0 Å². The Labute approximate surface area is 207 Å². The minimum Gasteiger partial charge on any atom is -0.361 e. The number of aromatic nitrogens is 4. The van der Waals surface area contributed by atoms with Gasteiger partial charge in [-0.1, -0.05) is 12.6 Å². The zero-order valence-electron chi connectivity index (χ0n) is 18.8. The second-order valence-electron chi connectivity index (χ2n) is 8.12. The van der Waals surface area contributed by atoms with Crippen LogP contribution in [-0.2, 0) is 12.7 Å². The maximum Gasteiger partial charge on any atom is 0.409 e. The average Bonchev–Trinajstić information content (AvgIpc) is 3.56. The topological polar surface area (TPSA) is 80.0 Å². The summed E-state index contributed by atoms with van der Waals surface area (Å²) >= 11 is 0. The largest absolute Gasteiger partial charge is 0.409 e. The van der Waals surface area contributed by atoms with Crippen LogP contribution < -0.4 is 5.32 Å². The normalized spacial score (nSPS) is 11.4. The van der Waals surface area contributed by atoms with Crippen LogP contribution in [0.25, 0.3) is 32.6 Å². The van der Waals surface area contributed by atoms with E-state index in [1.54, 1.807) is 30.5 Å². The Hall–Kier alpha value is -4.98. The molecule has 0 unspecified atom stereocenters. The van der Waals surface area contributed by atoms with E-state index in [-0.39, 0.29) is 23.6 Å². The van der Waals surface area contributed by atoms with Gasteiger partial charge in [-0.3, -0.25) is 4.79 Å². The molecule has 2 aromatic carbocycles. The highest BCUT2D eigenvalue weighted by atomic mass is 19.4. The van der Waals surface area contributed by atoms with Gasteiger partial charge in [-0.15, -0.1) is 4.98 Å². The number of carbonyl (C=O) groups excluding carboxylic acids is 1. The van der Waals surface area contributed by atoms with Crippen LogP contribution in [0.1, 0.15) is 21.5 Å². The number of H-pyrrole nitrogens is 1. The first-order chi connectivity index (χ1) is 17.7. The van der Waals surface area contributed by atoms with Crippen LogP contribution in [0.4, 0.5) is 23.4 Å². The van der Waals surface area contributed by atoms with Crippen LogP contribution in [0, 0.1) is 12.4 Å². The highest BCUT2D eigenvalue weighted by Crippen LogP contribution is 2.37. The number of hydrogen-bond acceptors (Lipinski definition) is 3. The minimum atomic E-state index is -4.73. The van der Waals surface area contributed by atoms with Gasteiger partial charge >= 0.3 is 6.18 Å². The lowest BCUT2D eigenvalue weighted by Crippen LogP contribution is -2.23. The van der Waals surface area contributed by atoms with Crippen molar-refractivity contribution in [3.8, 4) is 16.8 Å². The van der Waals surface area contributed by atoms with Gasteiger partial charge in [-0.2, -0.15) is 18.3 Å². The summed E-state index contributed by atoms with van der Waals surface area (Å²) in [5, 5.41) is 7.69. The quantitative estimate of drug-likeness (QED) is 0.226. The van der Waals surface area contributed by atoms with E-state index in [9.17, 15) is 22.4 Å². The van der Waals surface area contributed by atoms with Gasteiger partial charge in [0.1, 0.15) is 12.0 Å². The van der Waals surface area contributed by atoms with Gasteiger partial charge in [0.2, 0.25) is 0 Å². The smallest absolute Gasteiger partial charge is 0.361 e. The van der Waals surface area contributed by atoms with E-state index in [1.165, 1.54) is 29.2 Å². The summed E-state index contributed by atoms with van der Waals surface area (Å²) in [6.07, 6.45) is 0.949. The fraction of sp³-hybridized carbons (Fsp3) is 0.0769. The van der Waals surface area contributed by atoms with Crippen LogP contribution in [-0.4, -0.2) is 25.7 Å². The molecule has 3 aromatic heterocycles. The number of pyridine rings is 1. The van der Waals surface area contributed by atoms with E-state index in [2.05, 4.69) is 25.2 Å². The number of rotatable bonds is 5. The number of nitrogens with one attached hydrogen (secondary N) is 2. The first kappa shape index (κ1) is 23.7. The van der Waals surface area contributed by atoms with Gasteiger partial charge in [0.25, 0.3) is 11.7 Å². The lowest BCUT2D eigenvalue weighted by molar-refractivity contribution is -0.137. The number of carbonyl (C=O) groups is 1. The SMILES string of the molecule is [C-]#[N+]c1ncc(-c2cnn(-c3ccc(CNC(=O)c4ccc5[nH]ccc5c4)c(F)c3)c2)cc1C(F)(F)F. The summed E-state index contributed by atoms with van der Waals surface area (Å²) in [5.41, 5.74) is 1.21. The van der Waals surface area contributed by atoms with Gasteiger partial charge < -0.3 is 15.1 Å². The van der Waals surface area contributed by atoms with Crippen molar-refractivity contribution in [2.45, 2.75) is 12.7 Å². The van der Waals surface area contributed by atoms with E-state index >= 15 is 0 Å². The number of fused-ring (bicyclic) bond motifs is 1. The second-order valence-corrected chi connectivity index (χ2v) is 8.12. The molecule has 0 aliphatic carbocycles. The molecular formula is C26H16F4N6O. The Balaban J connectivity index is 1.32. The predicted molar refractivity (Wildman–Crippen MR) is 127 cm³/mol. The monoisotopic (exact) mass is 504 g/mol. The summed E-state index contributed by atoms with van der Waals surface area (Å²) in [7, 11) is 0. The number of aromatic amines is 1. The molecule has 0 spiro atoms. The van der Waals surface area contributed by atoms with Crippen LogP contribution >= 0.6 is 0 Å². The fourth-order valence-electron chi connectivity index (χ4n) is 3.82. The van der Waals surface area contributed by atoms with E-state index in [1.807, 2.05) is 6.07 Å². The van der Waals surface area contributed by atoms with Crippen LogP contribution in [0.2, 0.25) is 0 Å². The molecule has 0 fully saturated rings. The molecule has 2 N–H and O–H groups in total. The summed E-state index contributed by atoms with van der Waals surface area (Å²) in [6.45, 7) is 6.86. The van der Waals surface area contributed by atoms with Crippen LogP contribution in [0.15, 0.2) is 73.3 Å². The van der Waals surface area contributed by atoms with Gasteiger partial charge in [-0.05, 0) is 42.5 Å². The summed E-state index contributed by atoms with van der Waals surface area (Å²) in [5.74, 6) is -1.67. The highest BCUT2D eigenvalue weighted by molar-refractivity contribution is 5.98. The van der Waals surface area contributed by atoms with E-state index in [0.717, 1.165) is 23.2 Å². The molecule has 0 saturated heterocycles.